The average molecular weight is 421 g/mol. The number of hydrogen-bond acceptors (Lipinski definition) is 6. The van der Waals surface area contributed by atoms with E-state index in [9.17, 15) is 19.8 Å². The number of nitrogens with zero attached hydrogens (tertiary/aromatic N) is 1. The van der Waals surface area contributed by atoms with Crippen molar-refractivity contribution >= 4 is 35.4 Å². The predicted molar refractivity (Wildman–Crippen MR) is 116 cm³/mol. The molecule has 0 bridgehead atoms. The highest BCUT2D eigenvalue weighted by Gasteiger charge is 2.14. The van der Waals surface area contributed by atoms with Gasteiger partial charge in [0.05, 0.1) is 6.21 Å². The molecule has 0 atom stereocenters. The molecule has 0 aliphatic rings. The lowest BCUT2D eigenvalue weighted by Crippen LogP contribution is -2.32. The fourth-order valence-electron chi connectivity index (χ4n) is 2.60. The van der Waals surface area contributed by atoms with E-state index in [1.807, 2.05) is 17.5 Å². The maximum absolute atomic E-state index is 12.6. The lowest BCUT2D eigenvalue weighted by atomic mass is 10.1. The second-order valence-electron chi connectivity index (χ2n) is 6.29. The van der Waals surface area contributed by atoms with Gasteiger partial charge in [0.25, 0.3) is 11.8 Å². The van der Waals surface area contributed by atoms with Crippen LogP contribution in [0, 0.1) is 6.92 Å². The van der Waals surface area contributed by atoms with E-state index in [-0.39, 0.29) is 17.2 Å². The molecule has 0 spiro atoms. The monoisotopic (exact) mass is 421 g/mol. The van der Waals surface area contributed by atoms with E-state index in [0.717, 1.165) is 4.88 Å². The van der Waals surface area contributed by atoms with Crippen molar-refractivity contribution in [1.29, 1.82) is 0 Å². The first-order valence-corrected chi connectivity index (χ1v) is 9.79. The van der Waals surface area contributed by atoms with E-state index in [1.165, 1.54) is 29.7 Å². The van der Waals surface area contributed by atoms with Crippen LogP contribution in [0.3, 0.4) is 0 Å². The lowest BCUT2D eigenvalue weighted by Gasteiger charge is -2.09. The Morgan fingerprint density at radius 3 is 2.50 bits per heavy atom. The van der Waals surface area contributed by atoms with Gasteiger partial charge in [0.1, 0.15) is 17.2 Å². The fourth-order valence-corrected chi connectivity index (χ4v) is 3.26. The third-order valence-electron chi connectivity index (χ3n) is 4.07. The summed E-state index contributed by atoms with van der Waals surface area (Å²) in [5, 5.41) is 27.8. The predicted octanol–water partition coefficient (Wildman–Crippen LogP) is 3.39. The fraction of sp³-hybridized carbons (Fsp3) is 0.0455. The van der Waals surface area contributed by atoms with Crippen LogP contribution >= 0.6 is 11.3 Å². The molecule has 0 radical (unpaired) electrons. The molecule has 1 aromatic heterocycles. The van der Waals surface area contributed by atoms with Gasteiger partial charge < -0.3 is 15.5 Å². The summed E-state index contributed by atoms with van der Waals surface area (Å²) in [4.78, 5) is 25.9. The molecule has 0 unspecified atom stereocenters. The summed E-state index contributed by atoms with van der Waals surface area (Å²) in [5.41, 5.74) is 3.72. The Bertz CT molecular complexity index is 1080. The number of hydrazone groups is 1. The number of phenols is 2. The summed E-state index contributed by atoms with van der Waals surface area (Å²) in [5.74, 6) is -1.29. The molecule has 7 nitrogen and oxygen atoms in total. The quantitative estimate of drug-likeness (QED) is 0.278. The van der Waals surface area contributed by atoms with Gasteiger partial charge in [-0.15, -0.1) is 11.3 Å². The van der Waals surface area contributed by atoms with Gasteiger partial charge in [-0.05, 0) is 48.2 Å². The number of aromatic hydroxyl groups is 2. The molecular weight excluding hydrogens is 402 g/mol. The summed E-state index contributed by atoms with van der Waals surface area (Å²) in [6.45, 7) is 1.69. The second kappa shape index (κ2) is 9.53. The second-order valence-corrected chi connectivity index (χ2v) is 7.27. The van der Waals surface area contributed by atoms with Crippen molar-refractivity contribution in [1.82, 2.24) is 10.7 Å². The Morgan fingerprint density at radius 1 is 1.07 bits per heavy atom. The molecule has 3 rings (SSSR count). The Balaban J connectivity index is 1.78. The highest BCUT2D eigenvalue weighted by molar-refractivity contribution is 7.10. The number of nitrogens with one attached hydrogen (secondary N) is 2. The number of amides is 2. The number of hydrogen-bond donors (Lipinski definition) is 4. The molecule has 2 amide bonds. The molecular formula is C22H19N3O4S. The van der Waals surface area contributed by atoms with E-state index in [4.69, 9.17) is 0 Å². The minimum Gasteiger partial charge on any atom is -0.508 e. The summed E-state index contributed by atoms with van der Waals surface area (Å²) >= 11 is 1.41. The van der Waals surface area contributed by atoms with Crippen molar-refractivity contribution in [3.63, 3.8) is 0 Å². The smallest absolute Gasteiger partial charge is 0.287 e. The zero-order chi connectivity index (χ0) is 21.5. The first kappa shape index (κ1) is 20.8. The van der Waals surface area contributed by atoms with Crippen LogP contribution in [0.15, 0.2) is 70.8 Å². The average Bonchev–Trinajstić information content (AvgIpc) is 3.23. The number of carbonyl (C=O) groups is 2. The Hall–Kier alpha value is -3.91. The Kier molecular flexibility index (Phi) is 6.61. The van der Waals surface area contributed by atoms with E-state index in [1.54, 1.807) is 43.3 Å². The number of rotatable bonds is 6. The van der Waals surface area contributed by atoms with Gasteiger partial charge in [-0.25, -0.2) is 5.43 Å². The molecule has 8 heteroatoms. The van der Waals surface area contributed by atoms with Crippen molar-refractivity contribution in [2.24, 2.45) is 5.10 Å². The van der Waals surface area contributed by atoms with E-state index in [0.29, 0.717) is 16.7 Å². The first-order chi connectivity index (χ1) is 14.4. The molecule has 0 saturated carbocycles. The third-order valence-corrected chi connectivity index (χ3v) is 4.89. The maximum Gasteiger partial charge on any atom is 0.287 e. The zero-order valence-corrected chi connectivity index (χ0v) is 16.8. The van der Waals surface area contributed by atoms with E-state index in [2.05, 4.69) is 15.8 Å². The van der Waals surface area contributed by atoms with E-state index < -0.39 is 11.8 Å². The number of benzene rings is 2. The SMILES string of the molecule is Cc1cc(O)cc(O)c1/C=N/NC(=O)/C(=C/c1cccs1)NC(=O)c1ccccc1. The molecule has 30 heavy (non-hydrogen) atoms. The summed E-state index contributed by atoms with van der Waals surface area (Å²) < 4.78 is 0. The Labute approximate surface area is 177 Å². The maximum atomic E-state index is 12.6. The van der Waals surface area contributed by atoms with Crippen LogP contribution in [0.25, 0.3) is 6.08 Å². The van der Waals surface area contributed by atoms with Gasteiger partial charge in [-0.3, -0.25) is 9.59 Å². The lowest BCUT2D eigenvalue weighted by molar-refractivity contribution is -0.117. The molecule has 2 aromatic carbocycles. The van der Waals surface area contributed by atoms with Gasteiger partial charge >= 0.3 is 0 Å². The number of phenolic OH excluding ortho intramolecular Hbond substituents is 2. The number of carbonyl (C=O) groups excluding carboxylic acids is 2. The van der Waals surface area contributed by atoms with Crippen molar-refractivity contribution < 1.29 is 19.8 Å². The van der Waals surface area contributed by atoms with Gasteiger partial charge in [0.2, 0.25) is 0 Å². The summed E-state index contributed by atoms with van der Waals surface area (Å²) in [7, 11) is 0. The molecule has 0 fully saturated rings. The molecule has 3 aromatic rings. The van der Waals surface area contributed by atoms with Gasteiger partial charge in [-0.2, -0.15) is 5.10 Å². The normalized spacial score (nSPS) is 11.4. The molecule has 1 heterocycles. The Morgan fingerprint density at radius 2 is 1.83 bits per heavy atom. The topological polar surface area (TPSA) is 111 Å². The number of thiophene rings is 1. The highest BCUT2D eigenvalue weighted by atomic mass is 32.1. The largest absolute Gasteiger partial charge is 0.508 e. The third kappa shape index (κ3) is 5.33. The summed E-state index contributed by atoms with van der Waals surface area (Å²) in [6.07, 6.45) is 2.82. The summed E-state index contributed by atoms with van der Waals surface area (Å²) in [6, 6.07) is 14.8. The van der Waals surface area contributed by atoms with Crippen LogP contribution in [0.5, 0.6) is 11.5 Å². The van der Waals surface area contributed by atoms with E-state index >= 15 is 0 Å². The molecule has 4 N–H and O–H groups in total. The zero-order valence-electron chi connectivity index (χ0n) is 16.0. The molecule has 152 valence electrons. The van der Waals surface area contributed by atoms with Crippen LogP contribution < -0.4 is 10.7 Å². The first-order valence-electron chi connectivity index (χ1n) is 8.91. The highest BCUT2D eigenvalue weighted by Crippen LogP contribution is 2.25. The van der Waals surface area contributed by atoms with Gasteiger partial charge in [0, 0.05) is 22.1 Å². The number of aryl methyl sites for hydroxylation is 1. The van der Waals surface area contributed by atoms with Crippen LogP contribution in [0.4, 0.5) is 0 Å². The van der Waals surface area contributed by atoms with Crippen molar-refractivity contribution in [3.8, 4) is 11.5 Å². The van der Waals surface area contributed by atoms with Crippen LogP contribution in [0.1, 0.15) is 26.4 Å². The van der Waals surface area contributed by atoms with Gasteiger partial charge in [-0.1, -0.05) is 24.3 Å². The van der Waals surface area contributed by atoms with Crippen molar-refractivity contribution in [2.75, 3.05) is 0 Å². The minimum absolute atomic E-state index is 0.0232. The molecule has 0 saturated heterocycles. The molecule has 0 aliphatic carbocycles. The molecule has 0 aliphatic heterocycles. The van der Waals surface area contributed by atoms with Crippen molar-refractivity contribution in [2.45, 2.75) is 6.92 Å². The van der Waals surface area contributed by atoms with Crippen molar-refractivity contribution in [3.05, 3.63) is 87.2 Å². The van der Waals surface area contributed by atoms with Crippen LogP contribution in [-0.2, 0) is 4.79 Å². The van der Waals surface area contributed by atoms with Crippen LogP contribution in [-0.4, -0.2) is 28.2 Å². The van der Waals surface area contributed by atoms with Gasteiger partial charge in [0.15, 0.2) is 0 Å². The van der Waals surface area contributed by atoms with Crippen LogP contribution in [0.2, 0.25) is 0 Å². The standard InChI is InChI=1S/C22H19N3O4S/c1-14-10-16(26)11-20(27)18(14)13-23-25-22(29)19(12-17-8-5-9-30-17)24-21(28)15-6-3-2-4-7-15/h2-13,26-27H,1H3,(H,24,28)(H,25,29)/b19-12-,23-13+. The minimum atomic E-state index is -0.625.